The summed E-state index contributed by atoms with van der Waals surface area (Å²) in [6.07, 6.45) is 4.50. The van der Waals surface area contributed by atoms with Crippen molar-refractivity contribution >= 4 is 34.1 Å². The third-order valence-electron chi connectivity index (χ3n) is 5.84. The van der Waals surface area contributed by atoms with E-state index in [-0.39, 0.29) is 6.10 Å². The van der Waals surface area contributed by atoms with Gasteiger partial charge in [-0.15, -0.1) is 5.10 Å². The van der Waals surface area contributed by atoms with Crippen LogP contribution in [0.5, 0.6) is 17.4 Å². The van der Waals surface area contributed by atoms with Gasteiger partial charge in [0.05, 0.1) is 23.0 Å². The van der Waals surface area contributed by atoms with Crippen molar-refractivity contribution in [3.8, 4) is 17.4 Å². The fourth-order valence-corrected chi connectivity index (χ4v) is 4.10. The maximum atomic E-state index is 9.67. The number of rotatable bonds is 8. The second-order valence-corrected chi connectivity index (χ2v) is 8.81. The number of ether oxygens (including phenoxy) is 2. The summed E-state index contributed by atoms with van der Waals surface area (Å²) < 4.78 is 11.8. The number of aromatic nitrogens is 5. The number of H-pyrrole nitrogens is 1. The van der Waals surface area contributed by atoms with Crippen LogP contribution >= 0.6 is 11.6 Å². The van der Waals surface area contributed by atoms with Gasteiger partial charge in [0, 0.05) is 31.4 Å². The molecule has 1 aromatic carbocycles. The standard InChI is InChI=1S/C24H26ClN7O3/c1-15-2-3-18(13-26-15)35-17-4-5-20(19(25)12-17)29-22-21-23(28-14-27-22)30-31-24(21)34-11-10-32-8-6-16(33)7-9-32/h2-5,12-14,16,33H,6-11H2,1H3,(H2,27,28,29,30,31). The lowest BCUT2D eigenvalue weighted by Gasteiger charge is -2.29. The Hall–Kier alpha value is -3.47. The van der Waals surface area contributed by atoms with Crippen molar-refractivity contribution in [3.05, 3.63) is 53.6 Å². The van der Waals surface area contributed by atoms with Crippen LogP contribution in [-0.2, 0) is 0 Å². The van der Waals surface area contributed by atoms with Crippen molar-refractivity contribution in [3.63, 3.8) is 0 Å². The molecule has 4 heterocycles. The van der Waals surface area contributed by atoms with Crippen molar-refractivity contribution < 1.29 is 14.6 Å². The minimum atomic E-state index is -0.194. The second-order valence-electron chi connectivity index (χ2n) is 8.40. The van der Waals surface area contributed by atoms with Crippen molar-refractivity contribution in [1.29, 1.82) is 0 Å². The highest BCUT2D eigenvalue weighted by Gasteiger charge is 2.18. The molecule has 0 amide bonds. The predicted molar refractivity (Wildman–Crippen MR) is 133 cm³/mol. The molecule has 182 valence electrons. The molecule has 0 aliphatic carbocycles. The average molecular weight is 496 g/mol. The van der Waals surface area contributed by atoms with Gasteiger partial charge in [0.15, 0.2) is 5.65 Å². The summed E-state index contributed by atoms with van der Waals surface area (Å²) in [4.78, 5) is 15.1. The Morgan fingerprint density at radius 3 is 2.74 bits per heavy atom. The number of halogens is 1. The van der Waals surface area contributed by atoms with Gasteiger partial charge >= 0.3 is 0 Å². The molecule has 0 saturated carbocycles. The van der Waals surface area contributed by atoms with Crippen LogP contribution in [-0.4, -0.2) is 67.5 Å². The fraction of sp³-hybridized carbons (Fsp3) is 0.333. The quantitative estimate of drug-likeness (QED) is 0.332. The van der Waals surface area contributed by atoms with Crippen LogP contribution in [0.1, 0.15) is 18.5 Å². The largest absolute Gasteiger partial charge is 0.475 e. The Balaban J connectivity index is 1.28. The molecule has 4 aromatic rings. The number of benzene rings is 1. The zero-order valence-corrected chi connectivity index (χ0v) is 20.0. The number of aryl methyl sites for hydroxylation is 1. The second kappa shape index (κ2) is 10.4. The number of hydrogen-bond donors (Lipinski definition) is 3. The Morgan fingerprint density at radius 2 is 1.97 bits per heavy atom. The highest BCUT2D eigenvalue weighted by molar-refractivity contribution is 6.33. The van der Waals surface area contributed by atoms with E-state index >= 15 is 0 Å². The van der Waals surface area contributed by atoms with Crippen molar-refractivity contribution in [1.82, 2.24) is 30.0 Å². The summed E-state index contributed by atoms with van der Waals surface area (Å²) in [6.45, 7) is 4.86. The highest BCUT2D eigenvalue weighted by atomic mass is 35.5. The molecule has 10 nitrogen and oxygen atoms in total. The first kappa shape index (κ1) is 23.3. The number of piperidine rings is 1. The van der Waals surface area contributed by atoms with Crippen LogP contribution in [0, 0.1) is 6.92 Å². The molecule has 1 fully saturated rings. The van der Waals surface area contributed by atoms with Gasteiger partial charge in [0.25, 0.3) is 0 Å². The van der Waals surface area contributed by atoms with Gasteiger partial charge in [-0.25, -0.2) is 9.97 Å². The van der Waals surface area contributed by atoms with Crippen LogP contribution in [0.15, 0.2) is 42.9 Å². The van der Waals surface area contributed by atoms with Crippen molar-refractivity contribution in [2.24, 2.45) is 0 Å². The minimum Gasteiger partial charge on any atom is -0.475 e. The van der Waals surface area contributed by atoms with Crippen LogP contribution < -0.4 is 14.8 Å². The number of pyridine rings is 1. The molecule has 1 saturated heterocycles. The van der Waals surface area contributed by atoms with Gasteiger partial charge in [0.1, 0.15) is 35.6 Å². The van der Waals surface area contributed by atoms with E-state index in [1.54, 1.807) is 12.3 Å². The third-order valence-corrected chi connectivity index (χ3v) is 6.15. The first-order valence-corrected chi connectivity index (χ1v) is 11.8. The van der Waals surface area contributed by atoms with Crippen LogP contribution in [0.3, 0.4) is 0 Å². The van der Waals surface area contributed by atoms with Gasteiger partial charge in [-0.05, 0) is 44.0 Å². The molecule has 0 spiro atoms. The predicted octanol–water partition coefficient (Wildman–Crippen LogP) is 4.08. The molecule has 3 aromatic heterocycles. The molecule has 35 heavy (non-hydrogen) atoms. The topological polar surface area (TPSA) is 121 Å². The summed E-state index contributed by atoms with van der Waals surface area (Å²) in [5.74, 6) is 2.17. The van der Waals surface area contributed by atoms with E-state index in [2.05, 4.69) is 35.4 Å². The summed E-state index contributed by atoms with van der Waals surface area (Å²) in [6, 6.07) is 9.10. The lowest BCUT2D eigenvalue weighted by Crippen LogP contribution is -2.38. The monoisotopic (exact) mass is 495 g/mol. The Morgan fingerprint density at radius 1 is 1.14 bits per heavy atom. The number of nitrogens with one attached hydrogen (secondary N) is 2. The molecule has 3 N–H and O–H groups in total. The lowest BCUT2D eigenvalue weighted by molar-refractivity contribution is 0.0752. The number of aliphatic hydroxyl groups is 1. The molecule has 0 atom stereocenters. The summed E-state index contributed by atoms with van der Waals surface area (Å²) >= 11 is 6.54. The molecule has 1 aliphatic rings. The zero-order valence-electron chi connectivity index (χ0n) is 19.2. The number of aromatic amines is 1. The van der Waals surface area contributed by atoms with Gasteiger partial charge < -0.3 is 19.9 Å². The van der Waals surface area contributed by atoms with Crippen molar-refractivity contribution in [2.45, 2.75) is 25.9 Å². The summed E-state index contributed by atoms with van der Waals surface area (Å²) in [5.41, 5.74) is 2.13. The van der Waals surface area contributed by atoms with E-state index in [1.807, 2.05) is 31.2 Å². The third kappa shape index (κ3) is 5.61. The lowest BCUT2D eigenvalue weighted by atomic mass is 10.1. The molecule has 1 aliphatic heterocycles. The summed E-state index contributed by atoms with van der Waals surface area (Å²) in [5, 5.41) is 21.2. The van der Waals surface area contributed by atoms with Gasteiger partial charge in [-0.1, -0.05) is 11.6 Å². The maximum absolute atomic E-state index is 9.67. The van der Waals surface area contributed by atoms with E-state index < -0.39 is 0 Å². The van der Waals surface area contributed by atoms with Crippen LogP contribution in [0.25, 0.3) is 11.0 Å². The normalized spacial score (nSPS) is 14.8. The number of aliphatic hydroxyl groups excluding tert-OH is 1. The number of hydrogen-bond acceptors (Lipinski definition) is 9. The Kier molecular flexibility index (Phi) is 6.94. The highest BCUT2D eigenvalue weighted by Crippen LogP contribution is 2.34. The molecule has 0 unspecified atom stereocenters. The molecule has 0 radical (unpaired) electrons. The number of likely N-dealkylation sites (tertiary alicyclic amines) is 1. The minimum absolute atomic E-state index is 0.194. The Bertz CT molecular complexity index is 1290. The van der Waals surface area contributed by atoms with Crippen molar-refractivity contribution in [2.75, 3.05) is 31.6 Å². The molecular weight excluding hydrogens is 470 g/mol. The van der Waals surface area contributed by atoms with Gasteiger partial charge in [-0.2, -0.15) is 0 Å². The van der Waals surface area contributed by atoms with Gasteiger partial charge in [-0.3, -0.25) is 15.0 Å². The SMILES string of the molecule is Cc1ccc(Oc2ccc(Nc3ncnc4[nH]nc(OCCN5CCC(O)CC5)c34)c(Cl)c2)cn1. The van der Waals surface area contributed by atoms with Gasteiger partial charge in [0.2, 0.25) is 5.88 Å². The number of fused-ring (bicyclic) bond motifs is 1. The van der Waals surface area contributed by atoms with E-state index in [1.165, 1.54) is 6.33 Å². The van der Waals surface area contributed by atoms with Crippen LogP contribution in [0.2, 0.25) is 5.02 Å². The van der Waals surface area contributed by atoms with E-state index in [0.29, 0.717) is 51.5 Å². The average Bonchev–Trinajstić information content (AvgIpc) is 3.27. The summed E-state index contributed by atoms with van der Waals surface area (Å²) in [7, 11) is 0. The first-order chi connectivity index (χ1) is 17.0. The molecule has 11 heteroatoms. The maximum Gasteiger partial charge on any atom is 0.246 e. The van der Waals surface area contributed by atoms with E-state index in [4.69, 9.17) is 21.1 Å². The van der Waals surface area contributed by atoms with E-state index in [0.717, 1.165) is 38.2 Å². The van der Waals surface area contributed by atoms with Crippen LogP contribution in [0.4, 0.5) is 11.5 Å². The van der Waals surface area contributed by atoms with E-state index in [9.17, 15) is 5.11 Å². The fourth-order valence-electron chi connectivity index (χ4n) is 3.89. The molecule has 5 rings (SSSR count). The number of nitrogens with zero attached hydrogens (tertiary/aromatic N) is 5. The smallest absolute Gasteiger partial charge is 0.246 e. The zero-order chi connectivity index (χ0) is 24.2. The molecular formula is C24H26ClN7O3. The molecule has 0 bridgehead atoms. The first-order valence-electron chi connectivity index (χ1n) is 11.4. The Labute approximate surface area is 207 Å². The number of anilines is 2.